The van der Waals surface area contributed by atoms with Gasteiger partial charge in [-0.2, -0.15) is 0 Å². The van der Waals surface area contributed by atoms with Gasteiger partial charge < -0.3 is 9.84 Å². The summed E-state index contributed by atoms with van der Waals surface area (Å²) in [7, 11) is 0. The van der Waals surface area contributed by atoms with E-state index in [1.54, 1.807) is 30.5 Å². The number of imide groups is 1. The minimum absolute atomic E-state index is 0.141. The molecule has 3 amide bonds. The summed E-state index contributed by atoms with van der Waals surface area (Å²) in [6.45, 7) is 0.637. The largest absolute Gasteiger partial charge is 0.364 e. The minimum Gasteiger partial charge on any atom is -0.364 e. The number of hydrogen-bond acceptors (Lipinski definition) is 5. The molecule has 0 atom stereocenters. The highest BCUT2D eigenvalue weighted by atomic mass is 16.5. The van der Waals surface area contributed by atoms with Crippen molar-refractivity contribution in [3.8, 4) is 0 Å². The summed E-state index contributed by atoms with van der Waals surface area (Å²) in [6.07, 6.45) is 5.62. The lowest BCUT2D eigenvalue weighted by Crippen LogP contribution is -2.28. The van der Waals surface area contributed by atoms with Crippen molar-refractivity contribution in [2.24, 2.45) is 0 Å². The number of nitrogens with one attached hydrogen (secondary N) is 1. The van der Waals surface area contributed by atoms with Crippen LogP contribution in [-0.2, 0) is 22.7 Å². The first-order chi connectivity index (χ1) is 13.1. The third-order valence-corrected chi connectivity index (χ3v) is 5.32. The number of rotatable bonds is 6. The van der Waals surface area contributed by atoms with E-state index in [1.165, 1.54) is 11.3 Å². The molecule has 0 unspecified atom stereocenters. The average Bonchev–Trinajstić information content (AvgIpc) is 3.20. The van der Waals surface area contributed by atoms with Crippen LogP contribution in [0.1, 0.15) is 65.2 Å². The molecule has 0 radical (unpaired) electrons. The molecular weight excluding hydrogens is 346 g/mol. The molecule has 1 aromatic carbocycles. The Balaban J connectivity index is 1.34. The van der Waals surface area contributed by atoms with Crippen molar-refractivity contribution in [1.29, 1.82) is 0 Å². The summed E-state index contributed by atoms with van der Waals surface area (Å²) in [5.74, 6) is -0.0165. The Bertz CT molecular complexity index is 852. The van der Waals surface area contributed by atoms with Crippen LogP contribution in [0.2, 0.25) is 0 Å². The molecule has 0 spiro atoms. The molecule has 0 bridgehead atoms. The molecule has 1 saturated carbocycles. The van der Waals surface area contributed by atoms with E-state index >= 15 is 0 Å². The van der Waals surface area contributed by atoms with Crippen LogP contribution < -0.4 is 5.32 Å². The average molecular weight is 367 g/mol. The van der Waals surface area contributed by atoms with Crippen LogP contribution in [0, 0.1) is 0 Å². The zero-order valence-electron chi connectivity index (χ0n) is 14.9. The summed E-state index contributed by atoms with van der Waals surface area (Å²) in [6, 6.07) is 6.95. The van der Waals surface area contributed by atoms with E-state index < -0.39 is 0 Å². The monoisotopic (exact) mass is 367 g/mol. The van der Waals surface area contributed by atoms with E-state index in [9.17, 15) is 14.4 Å². The van der Waals surface area contributed by atoms with Gasteiger partial charge in [0.05, 0.1) is 12.2 Å². The van der Waals surface area contributed by atoms with Gasteiger partial charge in [0.15, 0.2) is 0 Å². The van der Waals surface area contributed by atoms with Gasteiger partial charge in [-0.05, 0) is 30.5 Å². The summed E-state index contributed by atoms with van der Waals surface area (Å²) < 4.78 is 5.08. The molecule has 7 nitrogen and oxygen atoms in total. The Labute approximate surface area is 156 Å². The lowest BCUT2D eigenvalue weighted by atomic mass is 9.81. The Hall–Kier alpha value is -2.96. The number of nitrogens with zero attached hydrogens (tertiary/aromatic N) is 2. The van der Waals surface area contributed by atoms with Gasteiger partial charge in [0.1, 0.15) is 6.26 Å². The Morgan fingerprint density at radius 3 is 2.48 bits per heavy atom. The molecule has 1 aromatic heterocycles. The Morgan fingerprint density at radius 1 is 1.15 bits per heavy atom. The smallest absolute Gasteiger partial charge is 0.251 e. The van der Waals surface area contributed by atoms with Crippen LogP contribution in [0.3, 0.4) is 0 Å². The second-order valence-corrected chi connectivity index (χ2v) is 7.11. The van der Waals surface area contributed by atoms with Gasteiger partial charge in [0.2, 0.25) is 11.8 Å². The molecule has 1 aliphatic heterocycles. The van der Waals surface area contributed by atoms with Crippen molar-refractivity contribution in [3.63, 3.8) is 0 Å². The molecule has 1 saturated heterocycles. The lowest BCUT2D eigenvalue weighted by molar-refractivity contribution is -0.139. The highest BCUT2D eigenvalue weighted by Crippen LogP contribution is 2.37. The molecule has 140 valence electrons. The maximum Gasteiger partial charge on any atom is 0.251 e. The molecule has 2 heterocycles. The number of carbonyl (C=O) groups is 3. The molecule has 7 heteroatoms. The number of hydrogen-bond donors (Lipinski definition) is 1. The predicted octanol–water partition coefficient (Wildman–Crippen LogP) is 2.52. The number of amides is 3. The van der Waals surface area contributed by atoms with Gasteiger partial charge in [-0.3, -0.25) is 19.3 Å². The second kappa shape index (κ2) is 7.34. The quantitative estimate of drug-likeness (QED) is 0.792. The molecular formula is C20H21N3O4. The first-order valence-corrected chi connectivity index (χ1v) is 9.25. The molecule has 1 aliphatic carbocycles. The highest BCUT2D eigenvalue weighted by molar-refractivity contribution is 6.01. The highest BCUT2D eigenvalue weighted by Gasteiger charge is 2.28. The van der Waals surface area contributed by atoms with Crippen molar-refractivity contribution < 1.29 is 18.9 Å². The third-order valence-electron chi connectivity index (χ3n) is 5.32. The fourth-order valence-corrected chi connectivity index (χ4v) is 3.44. The van der Waals surface area contributed by atoms with Crippen LogP contribution >= 0.6 is 0 Å². The van der Waals surface area contributed by atoms with Crippen molar-refractivity contribution >= 4 is 17.7 Å². The predicted molar refractivity (Wildman–Crippen MR) is 95.5 cm³/mol. The van der Waals surface area contributed by atoms with Crippen LogP contribution in [-0.4, -0.2) is 27.8 Å². The van der Waals surface area contributed by atoms with Crippen LogP contribution in [0.4, 0.5) is 0 Å². The van der Waals surface area contributed by atoms with E-state index in [1.807, 2.05) is 0 Å². The van der Waals surface area contributed by atoms with Gasteiger partial charge in [-0.1, -0.05) is 23.7 Å². The van der Waals surface area contributed by atoms with Gasteiger partial charge in [-0.25, -0.2) is 0 Å². The first-order valence-electron chi connectivity index (χ1n) is 9.25. The van der Waals surface area contributed by atoms with Gasteiger partial charge in [-0.15, -0.1) is 0 Å². The first kappa shape index (κ1) is 17.5. The topological polar surface area (TPSA) is 92.5 Å². The summed E-state index contributed by atoms with van der Waals surface area (Å²) in [5, 5.41) is 6.97. The third kappa shape index (κ3) is 3.63. The van der Waals surface area contributed by atoms with Crippen molar-refractivity contribution in [2.45, 2.75) is 51.1 Å². The summed E-state index contributed by atoms with van der Waals surface area (Å²) in [5.41, 5.74) is 3.23. The van der Waals surface area contributed by atoms with Crippen molar-refractivity contribution in [2.75, 3.05) is 0 Å². The van der Waals surface area contributed by atoms with E-state index in [2.05, 4.69) is 10.5 Å². The normalized spacial score (nSPS) is 17.3. The maximum atomic E-state index is 12.4. The van der Waals surface area contributed by atoms with Crippen LogP contribution in [0.15, 0.2) is 35.1 Å². The Kier molecular flexibility index (Phi) is 4.75. The van der Waals surface area contributed by atoms with Gasteiger partial charge in [0.25, 0.3) is 5.91 Å². The fraction of sp³-hybridized carbons (Fsp3) is 0.400. The number of aromatic nitrogens is 1. The standard InChI is InChI=1S/C20H21N3O4/c24-17-8-9-18(25)23(17)11-13-4-6-15(7-5-13)20(26)21-10-16-12-27-22-19(16)14-2-1-3-14/h4-7,12,14H,1-3,8-11H2,(H,21,26). The number of benzene rings is 1. The number of carbonyl (C=O) groups excluding carboxylic acids is 3. The minimum atomic E-state index is -0.185. The van der Waals surface area contributed by atoms with E-state index in [-0.39, 0.29) is 37.1 Å². The Morgan fingerprint density at radius 2 is 1.85 bits per heavy atom. The summed E-state index contributed by atoms with van der Waals surface area (Å²) >= 11 is 0. The molecule has 2 aromatic rings. The van der Waals surface area contributed by atoms with Crippen molar-refractivity contribution in [1.82, 2.24) is 15.4 Å². The fourth-order valence-electron chi connectivity index (χ4n) is 3.44. The maximum absolute atomic E-state index is 12.4. The molecule has 27 heavy (non-hydrogen) atoms. The van der Waals surface area contributed by atoms with Crippen LogP contribution in [0.5, 0.6) is 0 Å². The van der Waals surface area contributed by atoms with E-state index in [0.29, 0.717) is 18.0 Å². The molecule has 2 fully saturated rings. The zero-order valence-corrected chi connectivity index (χ0v) is 14.9. The molecule has 2 aliphatic rings. The van der Waals surface area contributed by atoms with Gasteiger partial charge >= 0.3 is 0 Å². The molecule has 1 N–H and O–H groups in total. The second-order valence-electron chi connectivity index (χ2n) is 7.11. The van der Waals surface area contributed by atoms with E-state index in [0.717, 1.165) is 29.7 Å². The SMILES string of the molecule is O=C(NCc1conc1C1CCC1)c1ccc(CN2C(=O)CCC2=O)cc1. The zero-order chi connectivity index (χ0) is 18.8. The van der Waals surface area contributed by atoms with Gasteiger partial charge in [0, 0.05) is 36.4 Å². The van der Waals surface area contributed by atoms with Crippen molar-refractivity contribution in [3.05, 3.63) is 52.9 Å². The van der Waals surface area contributed by atoms with Crippen LogP contribution in [0.25, 0.3) is 0 Å². The van der Waals surface area contributed by atoms with E-state index in [4.69, 9.17) is 4.52 Å². The lowest BCUT2D eigenvalue weighted by Gasteiger charge is -2.23. The summed E-state index contributed by atoms with van der Waals surface area (Å²) in [4.78, 5) is 37.0. The molecule has 4 rings (SSSR count). The number of likely N-dealkylation sites (tertiary alicyclic amines) is 1.